The normalized spacial score (nSPS) is 17.9. The Hall–Kier alpha value is -4.21. The Morgan fingerprint density at radius 3 is 2.83 bits per heavy atom. The van der Waals surface area contributed by atoms with Crippen LogP contribution in [0.5, 0.6) is 5.75 Å². The highest BCUT2D eigenvalue weighted by Crippen LogP contribution is 2.37. The summed E-state index contributed by atoms with van der Waals surface area (Å²) in [5.41, 5.74) is 8.20. The zero-order chi connectivity index (χ0) is 24.7. The number of anilines is 3. The van der Waals surface area contributed by atoms with Gasteiger partial charge in [-0.1, -0.05) is 12.1 Å². The molecule has 9 nitrogen and oxygen atoms in total. The van der Waals surface area contributed by atoms with Crippen molar-refractivity contribution in [1.82, 2.24) is 14.9 Å². The van der Waals surface area contributed by atoms with Crippen LogP contribution in [0.2, 0.25) is 0 Å². The third-order valence-electron chi connectivity index (χ3n) is 6.31. The summed E-state index contributed by atoms with van der Waals surface area (Å²) in [6.45, 7) is 1.92. The molecule has 2 heterocycles. The molecule has 2 atom stereocenters. The third kappa shape index (κ3) is 4.23. The van der Waals surface area contributed by atoms with Crippen LogP contribution < -0.4 is 21.1 Å². The van der Waals surface area contributed by atoms with Gasteiger partial charge in [-0.25, -0.2) is 14.4 Å². The van der Waals surface area contributed by atoms with Gasteiger partial charge in [-0.2, -0.15) is 0 Å². The number of amides is 1. The number of nitrogens with zero attached hydrogens (tertiary/aromatic N) is 3. The standard InChI is InChI=1S/C25H26FN7O2/c1-13(24-32-19-9-6-15(26)11-18(19)25(34)33(24)16-7-8-16)31-23-20(22(28)29-12-30-23)21(27)14-4-3-5-17(10-14)35-2/h3-6,9-13,16,24,27,32H,7-8H2,1-2H3,(H3,28,29,30,31). The van der Waals surface area contributed by atoms with Crippen LogP contribution in [-0.4, -0.2) is 51.8 Å². The van der Waals surface area contributed by atoms with E-state index in [9.17, 15) is 9.18 Å². The van der Waals surface area contributed by atoms with Crippen molar-refractivity contribution in [2.24, 2.45) is 0 Å². The molecule has 1 saturated carbocycles. The van der Waals surface area contributed by atoms with E-state index in [0.29, 0.717) is 33.9 Å². The molecule has 0 spiro atoms. The van der Waals surface area contributed by atoms with E-state index in [1.165, 1.54) is 18.5 Å². The SMILES string of the molecule is COc1cccc(C(=N)c2c(N)ncnc2NC(C)C2Nc3ccc(F)cc3C(=O)N2C2CC2)c1. The van der Waals surface area contributed by atoms with Crippen LogP contribution in [-0.2, 0) is 0 Å². The number of carbonyl (C=O) groups is 1. The van der Waals surface area contributed by atoms with E-state index >= 15 is 0 Å². The Balaban J connectivity index is 1.46. The minimum atomic E-state index is -0.448. The molecule has 1 aromatic heterocycles. The first-order chi connectivity index (χ1) is 16.9. The molecule has 10 heteroatoms. The van der Waals surface area contributed by atoms with Gasteiger partial charge in [-0.05, 0) is 50.1 Å². The van der Waals surface area contributed by atoms with Crippen LogP contribution in [0.25, 0.3) is 0 Å². The van der Waals surface area contributed by atoms with Crippen LogP contribution in [0.1, 0.15) is 41.3 Å². The summed E-state index contributed by atoms with van der Waals surface area (Å²) >= 11 is 0. The lowest BCUT2D eigenvalue weighted by Gasteiger charge is -2.41. The zero-order valence-corrected chi connectivity index (χ0v) is 19.4. The zero-order valence-electron chi connectivity index (χ0n) is 19.4. The molecule has 180 valence electrons. The second-order valence-electron chi connectivity index (χ2n) is 8.75. The molecular weight excluding hydrogens is 449 g/mol. The molecule has 2 unspecified atom stereocenters. The Kier molecular flexibility index (Phi) is 5.72. The van der Waals surface area contributed by atoms with Crippen LogP contribution >= 0.6 is 0 Å². The maximum Gasteiger partial charge on any atom is 0.258 e. The van der Waals surface area contributed by atoms with Gasteiger partial charge >= 0.3 is 0 Å². The molecule has 5 rings (SSSR count). The van der Waals surface area contributed by atoms with E-state index in [1.807, 2.05) is 6.92 Å². The summed E-state index contributed by atoms with van der Waals surface area (Å²) < 4.78 is 19.1. The molecule has 0 bridgehead atoms. The fourth-order valence-electron chi connectivity index (χ4n) is 4.40. The lowest BCUT2D eigenvalue weighted by atomic mass is 10.0. The minimum Gasteiger partial charge on any atom is -0.497 e. The highest BCUT2D eigenvalue weighted by atomic mass is 19.1. The van der Waals surface area contributed by atoms with Crippen molar-refractivity contribution in [3.05, 3.63) is 71.3 Å². The minimum absolute atomic E-state index is 0.0886. The second kappa shape index (κ2) is 8.86. The summed E-state index contributed by atoms with van der Waals surface area (Å²) in [6, 6.07) is 11.1. The Bertz CT molecular complexity index is 1310. The molecule has 3 aromatic rings. The maximum atomic E-state index is 13.8. The van der Waals surface area contributed by atoms with Gasteiger partial charge in [0.15, 0.2) is 0 Å². The molecule has 35 heavy (non-hydrogen) atoms. The Labute approximate surface area is 202 Å². The van der Waals surface area contributed by atoms with E-state index < -0.39 is 12.0 Å². The lowest BCUT2D eigenvalue weighted by Crippen LogP contribution is -2.56. The number of nitrogens with one attached hydrogen (secondary N) is 3. The summed E-state index contributed by atoms with van der Waals surface area (Å²) in [5.74, 6) is 0.510. The highest BCUT2D eigenvalue weighted by molar-refractivity contribution is 6.16. The van der Waals surface area contributed by atoms with Gasteiger partial charge in [0.2, 0.25) is 0 Å². The van der Waals surface area contributed by atoms with Crippen molar-refractivity contribution < 1.29 is 13.9 Å². The third-order valence-corrected chi connectivity index (χ3v) is 6.31. The number of hydrogen-bond acceptors (Lipinski definition) is 8. The Morgan fingerprint density at radius 2 is 2.09 bits per heavy atom. The molecule has 5 N–H and O–H groups in total. The van der Waals surface area contributed by atoms with Gasteiger partial charge < -0.3 is 26.0 Å². The topological polar surface area (TPSA) is 129 Å². The lowest BCUT2D eigenvalue weighted by molar-refractivity contribution is 0.0653. The molecule has 1 fully saturated rings. The first kappa shape index (κ1) is 22.6. The largest absolute Gasteiger partial charge is 0.497 e. The summed E-state index contributed by atoms with van der Waals surface area (Å²) in [6.07, 6.45) is 2.71. The highest BCUT2D eigenvalue weighted by Gasteiger charge is 2.43. The first-order valence-corrected chi connectivity index (χ1v) is 11.4. The van der Waals surface area contributed by atoms with Crippen LogP contribution in [0, 0.1) is 11.2 Å². The Morgan fingerprint density at radius 1 is 1.29 bits per heavy atom. The summed E-state index contributed by atoms with van der Waals surface area (Å²) in [4.78, 5) is 23.5. The van der Waals surface area contributed by atoms with Crippen molar-refractivity contribution >= 4 is 28.9 Å². The number of nitrogens with two attached hydrogens (primary N) is 1. The second-order valence-corrected chi connectivity index (χ2v) is 8.75. The smallest absolute Gasteiger partial charge is 0.258 e. The van der Waals surface area contributed by atoms with E-state index in [4.69, 9.17) is 15.9 Å². The molecule has 2 aromatic carbocycles. The number of benzene rings is 2. The number of methoxy groups -OCH3 is 1. The van der Waals surface area contributed by atoms with Crippen LogP contribution in [0.3, 0.4) is 0 Å². The van der Waals surface area contributed by atoms with E-state index in [0.717, 1.165) is 12.8 Å². The molecule has 1 amide bonds. The van der Waals surface area contributed by atoms with Gasteiger partial charge in [-0.15, -0.1) is 0 Å². The van der Waals surface area contributed by atoms with Crippen molar-refractivity contribution in [2.45, 2.75) is 38.0 Å². The number of rotatable bonds is 7. The predicted molar refractivity (Wildman–Crippen MR) is 131 cm³/mol. The summed E-state index contributed by atoms with van der Waals surface area (Å²) in [7, 11) is 1.56. The fourth-order valence-corrected chi connectivity index (χ4v) is 4.40. The van der Waals surface area contributed by atoms with Gasteiger partial charge in [0.25, 0.3) is 5.91 Å². The maximum absolute atomic E-state index is 13.8. The number of hydrogen-bond donors (Lipinski definition) is 4. The number of nitrogen functional groups attached to an aromatic ring is 1. The number of fused-ring (bicyclic) bond motifs is 1. The van der Waals surface area contributed by atoms with E-state index in [1.54, 1.807) is 42.3 Å². The monoisotopic (exact) mass is 475 g/mol. The number of ether oxygens (including phenoxy) is 1. The number of halogens is 1. The van der Waals surface area contributed by atoms with Crippen LogP contribution in [0.4, 0.5) is 21.7 Å². The van der Waals surface area contributed by atoms with Gasteiger partial charge in [0.05, 0.1) is 30.0 Å². The molecule has 0 saturated heterocycles. The van der Waals surface area contributed by atoms with Crippen molar-refractivity contribution in [3.8, 4) is 5.75 Å². The molecular formula is C25H26FN7O2. The molecule has 0 radical (unpaired) electrons. The number of carbonyl (C=O) groups excluding carboxylic acids is 1. The molecule has 1 aliphatic carbocycles. The molecule has 1 aliphatic heterocycles. The van der Waals surface area contributed by atoms with Crippen molar-refractivity contribution in [3.63, 3.8) is 0 Å². The quantitative estimate of drug-likeness (QED) is 0.385. The average molecular weight is 476 g/mol. The van der Waals surface area contributed by atoms with E-state index in [2.05, 4.69) is 20.6 Å². The first-order valence-electron chi connectivity index (χ1n) is 11.4. The molecule has 2 aliphatic rings. The number of aromatic nitrogens is 2. The average Bonchev–Trinajstić information content (AvgIpc) is 3.69. The van der Waals surface area contributed by atoms with Crippen molar-refractivity contribution in [2.75, 3.05) is 23.5 Å². The fraction of sp³-hybridized carbons (Fsp3) is 0.280. The van der Waals surface area contributed by atoms with Crippen molar-refractivity contribution in [1.29, 1.82) is 5.41 Å². The van der Waals surface area contributed by atoms with Gasteiger partial charge in [0.1, 0.15) is 35.7 Å². The van der Waals surface area contributed by atoms with Crippen LogP contribution in [0.15, 0.2) is 48.8 Å². The van der Waals surface area contributed by atoms with Gasteiger partial charge in [-0.3, -0.25) is 10.2 Å². The van der Waals surface area contributed by atoms with Gasteiger partial charge in [0, 0.05) is 17.3 Å². The summed E-state index contributed by atoms with van der Waals surface area (Å²) in [5, 5.41) is 15.5. The van der Waals surface area contributed by atoms with E-state index in [-0.39, 0.29) is 29.5 Å². The predicted octanol–water partition coefficient (Wildman–Crippen LogP) is 3.48.